The normalized spacial score (nSPS) is 14.3. The van der Waals surface area contributed by atoms with Gasteiger partial charge in [-0.3, -0.25) is 19.5 Å². The highest BCUT2D eigenvalue weighted by molar-refractivity contribution is 6.40. The van der Waals surface area contributed by atoms with E-state index in [1.54, 1.807) is 17.2 Å². The predicted octanol–water partition coefficient (Wildman–Crippen LogP) is 4.11. The van der Waals surface area contributed by atoms with E-state index in [-0.39, 0.29) is 6.04 Å². The van der Waals surface area contributed by atoms with Crippen LogP contribution in [0.4, 0.5) is 5.69 Å². The number of hydrogen-bond donors (Lipinski definition) is 1. The van der Waals surface area contributed by atoms with Crippen LogP contribution in [0.15, 0.2) is 97.2 Å². The lowest BCUT2D eigenvalue weighted by Gasteiger charge is -2.39. The maximum Gasteiger partial charge on any atom is 0.313 e. The predicted molar refractivity (Wildman–Crippen MR) is 133 cm³/mol. The second kappa shape index (κ2) is 9.85. The zero-order chi connectivity index (χ0) is 23.3. The van der Waals surface area contributed by atoms with Crippen LogP contribution in [0.2, 0.25) is 0 Å². The van der Waals surface area contributed by atoms with Gasteiger partial charge in [0.05, 0.1) is 17.2 Å². The molecule has 170 valence electrons. The van der Waals surface area contributed by atoms with E-state index >= 15 is 0 Å². The lowest BCUT2D eigenvalue weighted by molar-refractivity contribution is -0.144. The summed E-state index contributed by atoms with van der Waals surface area (Å²) in [6, 6.07) is 30.2. The van der Waals surface area contributed by atoms with Gasteiger partial charge >= 0.3 is 11.8 Å². The number of benzene rings is 3. The fraction of sp³-hybridized carbons (Fsp3) is 0.179. The first-order chi connectivity index (χ1) is 16.7. The van der Waals surface area contributed by atoms with Gasteiger partial charge in [-0.25, -0.2) is 0 Å². The van der Waals surface area contributed by atoms with E-state index in [1.807, 2.05) is 36.4 Å². The smallest absolute Gasteiger partial charge is 0.313 e. The number of anilines is 1. The molecule has 2 amide bonds. The van der Waals surface area contributed by atoms with Crippen LogP contribution in [0.1, 0.15) is 17.2 Å². The lowest BCUT2D eigenvalue weighted by atomic mass is 9.96. The van der Waals surface area contributed by atoms with Crippen molar-refractivity contribution in [2.45, 2.75) is 6.04 Å². The van der Waals surface area contributed by atoms with Crippen LogP contribution in [0.25, 0.3) is 10.9 Å². The summed E-state index contributed by atoms with van der Waals surface area (Å²) in [6.45, 7) is 2.36. The summed E-state index contributed by atoms with van der Waals surface area (Å²) in [5.74, 6) is -1.14. The summed E-state index contributed by atoms with van der Waals surface area (Å²) in [7, 11) is 0. The Balaban J connectivity index is 1.27. The van der Waals surface area contributed by atoms with Gasteiger partial charge in [-0.15, -0.1) is 0 Å². The van der Waals surface area contributed by atoms with Crippen LogP contribution >= 0.6 is 0 Å². The topological polar surface area (TPSA) is 65.5 Å². The van der Waals surface area contributed by atoms with Crippen LogP contribution in [-0.4, -0.2) is 52.8 Å². The van der Waals surface area contributed by atoms with Gasteiger partial charge in [0.1, 0.15) is 0 Å². The number of fused-ring (bicyclic) bond motifs is 1. The molecule has 34 heavy (non-hydrogen) atoms. The Morgan fingerprint density at radius 2 is 1.35 bits per heavy atom. The number of para-hydroxylation sites is 1. The van der Waals surface area contributed by atoms with Crippen molar-refractivity contribution >= 4 is 28.4 Å². The van der Waals surface area contributed by atoms with Gasteiger partial charge in [-0.2, -0.15) is 0 Å². The molecule has 2 heterocycles. The molecule has 1 saturated heterocycles. The molecule has 0 aliphatic carbocycles. The molecule has 1 fully saturated rings. The molecule has 1 aliphatic heterocycles. The van der Waals surface area contributed by atoms with Crippen LogP contribution in [0.5, 0.6) is 0 Å². The van der Waals surface area contributed by atoms with E-state index in [4.69, 9.17) is 0 Å². The Morgan fingerprint density at radius 1 is 0.735 bits per heavy atom. The Hall–Kier alpha value is -4.03. The number of aromatic nitrogens is 1. The van der Waals surface area contributed by atoms with Crippen molar-refractivity contribution in [2.75, 3.05) is 31.5 Å². The first-order valence-corrected chi connectivity index (χ1v) is 11.5. The molecule has 1 N–H and O–H groups in total. The molecule has 0 spiro atoms. The number of nitrogens with zero attached hydrogens (tertiary/aromatic N) is 3. The number of pyridine rings is 1. The number of nitrogens with one attached hydrogen (secondary N) is 1. The van der Waals surface area contributed by atoms with Crippen molar-refractivity contribution < 1.29 is 9.59 Å². The maximum atomic E-state index is 12.9. The Kier molecular flexibility index (Phi) is 6.31. The SMILES string of the molecule is O=C(Nc1cccc2cccnc12)C(=O)N1CCN(C(c2ccccc2)c2ccccc2)CC1. The Labute approximate surface area is 198 Å². The molecule has 6 nitrogen and oxygen atoms in total. The standard InChI is InChI=1S/C28H26N4O2/c33-27(30-24-15-7-13-21-14-8-16-29-25(21)24)28(34)32-19-17-31(18-20-32)26(22-9-3-1-4-10-22)23-11-5-2-6-12-23/h1-16,26H,17-20H2,(H,30,33). The van der Waals surface area contributed by atoms with Crippen molar-refractivity contribution in [3.63, 3.8) is 0 Å². The zero-order valence-corrected chi connectivity index (χ0v) is 18.8. The fourth-order valence-corrected chi connectivity index (χ4v) is 4.59. The molecule has 0 saturated carbocycles. The van der Waals surface area contributed by atoms with Crippen molar-refractivity contribution in [1.29, 1.82) is 0 Å². The maximum absolute atomic E-state index is 12.9. The van der Waals surface area contributed by atoms with E-state index in [2.05, 4.69) is 63.7 Å². The molecule has 4 aromatic rings. The van der Waals surface area contributed by atoms with Crippen LogP contribution in [0.3, 0.4) is 0 Å². The Morgan fingerprint density at radius 3 is 2.00 bits per heavy atom. The molecule has 3 aromatic carbocycles. The summed E-state index contributed by atoms with van der Waals surface area (Å²) >= 11 is 0. The lowest BCUT2D eigenvalue weighted by Crippen LogP contribution is -2.52. The number of carbonyl (C=O) groups excluding carboxylic acids is 2. The average Bonchev–Trinajstić information content (AvgIpc) is 2.90. The monoisotopic (exact) mass is 450 g/mol. The number of piperazine rings is 1. The third-order valence-electron chi connectivity index (χ3n) is 6.27. The van der Waals surface area contributed by atoms with Gasteiger partial charge in [0, 0.05) is 37.8 Å². The van der Waals surface area contributed by atoms with E-state index in [0.29, 0.717) is 37.4 Å². The molecule has 0 radical (unpaired) electrons. The van der Waals surface area contributed by atoms with Gasteiger partial charge in [0.15, 0.2) is 0 Å². The van der Waals surface area contributed by atoms with E-state index in [9.17, 15) is 9.59 Å². The third kappa shape index (κ3) is 4.54. The van der Waals surface area contributed by atoms with Crippen molar-refractivity contribution in [1.82, 2.24) is 14.8 Å². The number of hydrogen-bond acceptors (Lipinski definition) is 4. The number of carbonyl (C=O) groups is 2. The van der Waals surface area contributed by atoms with E-state index in [1.165, 1.54) is 11.1 Å². The first kappa shape index (κ1) is 21.8. The van der Waals surface area contributed by atoms with Crippen molar-refractivity contribution in [3.05, 3.63) is 108 Å². The third-order valence-corrected chi connectivity index (χ3v) is 6.27. The zero-order valence-electron chi connectivity index (χ0n) is 18.8. The highest BCUT2D eigenvalue weighted by atomic mass is 16.2. The quantitative estimate of drug-likeness (QED) is 0.476. The van der Waals surface area contributed by atoms with Crippen LogP contribution < -0.4 is 5.32 Å². The molecular weight excluding hydrogens is 424 g/mol. The van der Waals surface area contributed by atoms with E-state index < -0.39 is 11.8 Å². The minimum Gasteiger partial charge on any atom is -0.332 e. The average molecular weight is 451 g/mol. The first-order valence-electron chi connectivity index (χ1n) is 11.5. The molecule has 1 aromatic heterocycles. The summed E-state index contributed by atoms with van der Waals surface area (Å²) in [6.07, 6.45) is 1.68. The minimum atomic E-state index is -0.630. The second-order valence-electron chi connectivity index (χ2n) is 8.39. The highest BCUT2D eigenvalue weighted by Gasteiger charge is 2.30. The molecule has 6 heteroatoms. The Bertz CT molecular complexity index is 1240. The molecule has 0 unspecified atom stereocenters. The largest absolute Gasteiger partial charge is 0.332 e. The summed E-state index contributed by atoms with van der Waals surface area (Å²) in [5, 5.41) is 3.67. The molecular formula is C28H26N4O2. The van der Waals surface area contributed by atoms with Gasteiger partial charge in [0.25, 0.3) is 0 Å². The summed E-state index contributed by atoms with van der Waals surface area (Å²) in [4.78, 5) is 34.1. The molecule has 0 atom stereocenters. The second-order valence-corrected chi connectivity index (χ2v) is 8.39. The summed E-state index contributed by atoms with van der Waals surface area (Å²) in [5.41, 5.74) is 3.65. The summed E-state index contributed by atoms with van der Waals surface area (Å²) < 4.78 is 0. The van der Waals surface area contributed by atoms with Gasteiger partial charge < -0.3 is 10.2 Å². The van der Waals surface area contributed by atoms with Crippen LogP contribution in [-0.2, 0) is 9.59 Å². The number of amides is 2. The van der Waals surface area contributed by atoms with Gasteiger partial charge in [-0.1, -0.05) is 78.9 Å². The molecule has 5 rings (SSSR count). The number of rotatable bonds is 4. The highest BCUT2D eigenvalue weighted by Crippen LogP contribution is 2.29. The fourth-order valence-electron chi connectivity index (χ4n) is 4.59. The van der Waals surface area contributed by atoms with Gasteiger partial charge in [0.2, 0.25) is 0 Å². The van der Waals surface area contributed by atoms with E-state index in [0.717, 1.165) is 5.39 Å². The molecule has 1 aliphatic rings. The van der Waals surface area contributed by atoms with Gasteiger partial charge in [-0.05, 0) is 23.3 Å². The minimum absolute atomic E-state index is 0.107. The van der Waals surface area contributed by atoms with Crippen molar-refractivity contribution in [3.8, 4) is 0 Å². The molecule has 0 bridgehead atoms. The van der Waals surface area contributed by atoms with Crippen molar-refractivity contribution in [2.24, 2.45) is 0 Å². The van der Waals surface area contributed by atoms with Crippen LogP contribution in [0, 0.1) is 0 Å².